The fraction of sp³-hybridized carbons (Fsp3) is 0.167. The van der Waals surface area contributed by atoms with Crippen molar-refractivity contribution < 1.29 is 0 Å². The van der Waals surface area contributed by atoms with Crippen LogP contribution in [0.1, 0.15) is 5.82 Å². The lowest BCUT2D eigenvalue weighted by Gasteiger charge is -1.94. The van der Waals surface area contributed by atoms with Crippen molar-refractivity contribution in [2.75, 3.05) is 0 Å². The van der Waals surface area contributed by atoms with Crippen LogP contribution in [0.5, 0.6) is 0 Å². The molecule has 62 valence electrons. The van der Waals surface area contributed by atoms with Gasteiger partial charge >= 0.3 is 0 Å². The zero-order valence-corrected chi connectivity index (χ0v) is 6.86. The van der Waals surface area contributed by atoms with Crippen LogP contribution >= 0.6 is 11.6 Å². The van der Waals surface area contributed by atoms with E-state index in [9.17, 15) is 0 Å². The summed E-state index contributed by atoms with van der Waals surface area (Å²) in [7, 11) is 0. The molecule has 0 aliphatic heterocycles. The van der Waals surface area contributed by atoms with E-state index in [1.165, 1.54) is 4.52 Å². The maximum Gasteiger partial charge on any atom is 0.178 e. The molecule has 2 aromatic heterocycles. The van der Waals surface area contributed by atoms with Gasteiger partial charge in [-0.15, -0.1) is 10.2 Å². The second kappa shape index (κ2) is 2.69. The van der Waals surface area contributed by atoms with E-state index < -0.39 is 0 Å². The van der Waals surface area contributed by atoms with E-state index in [0.717, 1.165) is 0 Å². The zero-order chi connectivity index (χ0) is 8.55. The molecule has 0 aliphatic carbocycles. The molecule has 0 saturated carbocycles. The molecule has 0 spiro atoms. The molecule has 6 heteroatoms. The molecule has 2 aromatic rings. The first-order valence-corrected chi connectivity index (χ1v) is 3.76. The Labute approximate surface area is 73.2 Å². The summed E-state index contributed by atoms with van der Waals surface area (Å²) in [5, 5.41) is 12.0. The van der Waals surface area contributed by atoms with Crippen LogP contribution in [0.15, 0.2) is 12.1 Å². The van der Waals surface area contributed by atoms with Gasteiger partial charge in [-0.1, -0.05) is 11.6 Å². The summed E-state index contributed by atoms with van der Waals surface area (Å²) in [6.45, 7) is 0.300. The predicted octanol–water partition coefficient (Wildman–Crippen LogP) is 0.236. The molecule has 0 atom stereocenters. The van der Waals surface area contributed by atoms with Crippen LogP contribution in [-0.2, 0) is 6.54 Å². The first-order chi connectivity index (χ1) is 5.81. The Morgan fingerprint density at radius 1 is 1.42 bits per heavy atom. The highest BCUT2D eigenvalue weighted by Gasteiger charge is 2.03. The first-order valence-electron chi connectivity index (χ1n) is 3.38. The maximum atomic E-state index is 5.68. The Morgan fingerprint density at radius 2 is 2.25 bits per heavy atom. The Morgan fingerprint density at radius 3 is 3.00 bits per heavy atom. The zero-order valence-electron chi connectivity index (χ0n) is 6.11. The Bertz CT molecular complexity index is 409. The van der Waals surface area contributed by atoms with Gasteiger partial charge in [-0.05, 0) is 12.1 Å². The first kappa shape index (κ1) is 7.45. The molecule has 0 aromatic carbocycles. The number of nitrogens with zero attached hydrogens (tertiary/aromatic N) is 4. The molecule has 12 heavy (non-hydrogen) atoms. The van der Waals surface area contributed by atoms with Crippen molar-refractivity contribution in [3.05, 3.63) is 23.1 Å². The lowest BCUT2D eigenvalue weighted by molar-refractivity contribution is 0.808. The van der Waals surface area contributed by atoms with Gasteiger partial charge in [0.15, 0.2) is 11.5 Å². The summed E-state index contributed by atoms with van der Waals surface area (Å²) in [4.78, 5) is 0. The summed E-state index contributed by atoms with van der Waals surface area (Å²) in [6, 6.07) is 3.40. The van der Waals surface area contributed by atoms with Gasteiger partial charge < -0.3 is 5.73 Å². The number of hydrogen-bond acceptors (Lipinski definition) is 4. The van der Waals surface area contributed by atoms with E-state index in [4.69, 9.17) is 17.3 Å². The minimum atomic E-state index is 0.300. The molecular weight excluding hydrogens is 178 g/mol. The molecule has 0 unspecified atom stereocenters. The molecule has 2 N–H and O–H groups in total. The third-order valence-corrected chi connectivity index (χ3v) is 1.68. The van der Waals surface area contributed by atoms with Crippen molar-refractivity contribution in [1.82, 2.24) is 19.8 Å². The minimum absolute atomic E-state index is 0.300. The van der Waals surface area contributed by atoms with Gasteiger partial charge in [0.1, 0.15) is 5.15 Å². The van der Waals surface area contributed by atoms with E-state index in [-0.39, 0.29) is 0 Å². The monoisotopic (exact) mass is 183 g/mol. The molecule has 0 saturated heterocycles. The van der Waals surface area contributed by atoms with Gasteiger partial charge in [-0.3, -0.25) is 0 Å². The lowest BCUT2D eigenvalue weighted by Crippen LogP contribution is -2.04. The summed E-state index contributed by atoms with van der Waals surface area (Å²) in [6.07, 6.45) is 0. The summed E-state index contributed by atoms with van der Waals surface area (Å²) in [5.41, 5.74) is 6.06. The van der Waals surface area contributed by atoms with E-state index in [2.05, 4.69) is 15.3 Å². The number of halogens is 1. The van der Waals surface area contributed by atoms with Crippen LogP contribution < -0.4 is 5.73 Å². The Kier molecular flexibility index (Phi) is 1.67. The molecule has 5 nitrogen and oxygen atoms in total. The lowest BCUT2D eigenvalue weighted by atomic mass is 10.5. The van der Waals surface area contributed by atoms with E-state index in [1.54, 1.807) is 12.1 Å². The molecule has 2 rings (SSSR count). The van der Waals surface area contributed by atoms with Crippen molar-refractivity contribution >= 4 is 17.2 Å². The highest BCUT2D eigenvalue weighted by molar-refractivity contribution is 6.29. The van der Waals surface area contributed by atoms with Crippen molar-refractivity contribution in [1.29, 1.82) is 0 Å². The van der Waals surface area contributed by atoms with Crippen LogP contribution in [0.2, 0.25) is 5.15 Å². The van der Waals surface area contributed by atoms with Crippen molar-refractivity contribution in [3.63, 3.8) is 0 Å². The Hall–Kier alpha value is -1.20. The fourth-order valence-electron chi connectivity index (χ4n) is 0.938. The predicted molar refractivity (Wildman–Crippen MR) is 43.7 cm³/mol. The molecule has 0 aliphatic rings. The van der Waals surface area contributed by atoms with Gasteiger partial charge in [0.25, 0.3) is 0 Å². The smallest absolute Gasteiger partial charge is 0.178 e. The van der Waals surface area contributed by atoms with Gasteiger partial charge in [-0.25, -0.2) is 0 Å². The van der Waals surface area contributed by atoms with Crippen LogP contribution in [0, 0.1) is 0 Å². The number of rotatable bonds is 1. The van der Waals surface area contributed by atoms with Gasteiger partial charge in [0, 0.05) is 0 Å². The van der Waals surface area contributed by atoms with Gasteiger partial charge in [-0.2, -0.15) is 9.61 Å². The largest absolute Gasteiger partial charge is 0.324 e. The molecule has 0 bridgehead atoms. The molecule has 0 radical (unpaired) electrons. The Balaban J connectivity index is 2.75. The third-order valence-electron chi connectivity index (χ3n) is 1.48. The summed E-state index contributed by atoms with van der Waals surface area (Å²) in [5.74, 6) is 0.604. The summed E-state index contributed by atoms with van der Waals surface area (Å²) < 4.78 is 1.53. The standard InChI is InChI=1S/C6H6ClN5/c7-4-1-2-5-9-10-6(3-8)12(5)11-4/h1-2H,3,8H2. The van der Waals surface area contributed by atoms with Gasteiger partial charge in [0.2, 0.25) is 0 Å². The average Bonchev–Trinajstić information content (AvgIpc) is 2.46. The van der Waals surface area contributed by atoms with Crippen LogP contribution in [0.25, 0.3) is 5.65 Å². The number of aromatic nitrogens is 4. The van der Waals surface area contributed by atoms with E-state index in [0.29, 0.717) is 23.2 Å². The van der Waals surface area contributed by atoms with Gasteiger partial charge in [0.05, 0.1) is 6.54 Å². The van der Waals surface area contributed by atoms with Crippen LogP contribution in [0.4, 0.5) is 0 Å². The van der Waals surface area contributed by atoms with E-state index in [1.807, 2.05) is 0 Å². The fourth-order valence-corrected chi connectivity index (χ4v) is 1.08. The topological polar surface area (TPSA) is 69.1 Å². The van der Waals surface area contributed by atoms with Crippen molar-refractivity contribution in [2.45, 2.75) is 6.54 Å². The molecule has 2 heterocycles. The SMILES string of the molecule is NCc1nnc2ccc(Cl)nn12. The maximum absolute atomic E-state index is 5.68. The van der Waals surface area contributed by atoms with E-state index >= 15 is 0 Å². The van der Waals surface area contributed by atoms with Crippen molar-refractivity contribution in [2.24, 2.45) is 5.73 Å². The molecule has 0 amide bonds. The average molecular weight is 184 g/mol. The third kappa shape index (κ3) is 1.03. The minimum Gasteiger partial charge on any atom is -0.324 e. The second-order valence-electron chi connectivity index (χ2n) is 2.25. The second-order valence-corrected chi connectivity index (χ2v) is 2.63. The van der Waals surface area contributed by atoms with Crippen LogP contribution in [-0.4, -0.2) is 19.8 Å². The van der Waals surface area contributed by atoms with Crippen molar-refractivity contribution in [3.8, 4) is 0 Å². The number of nitrogens with two attached hydrogens (primary N) is 1. The summed E-state index contributed by atoms with van der Waals surface area (Å²) >= 11 is 5.68. The molecular formula is C6H6ClN5. The quantitative estimate of drug-likeness (QED) is 0.688. The molecule has 0 fully saturated rings. The number of fused-ring (bicyclic) bond motifs is 1. The normalized spacial score (nSPS) is 10.8. The van der Waals surface area contributed by atoms with Crippen LogP contribution in [0.3, 0.4) is 0 Å². The highest BCUT2D eigenvalue weighted by Crippen LogP contribution is 2.06. The highest BCUT2D eigenvalue weighted by atomic mass is 35.5. The number of hydrogen-bond donors (Lipinski definition) is 1.